The van der Waals surface area contributed by atoms with Crippen LogP contribution in [0.25, 0.3) is 0 Å². The molecule has 0 bridgehead atoms. The molecule has 1 heterocycles. The van der Waals surface area contributed by atoms with E-state index < -0.39 is 0 Å². The van der Waals surface area contributed by atoms with Crippen molar-refractivity contribution in [3.63, 3.8) is 0 Å². The highest BCUT2D eigenvalue weighted by atomic mass is 32.1. The lowest BCUT2D eigenvalue weighted by atomic mass is 9.54. The topological polar surface area (TPSA) is 50.9 Å². The van der Waals surface area contributed by atoms with Gasteiger partial charge in [0, 0.05) is 12.1 Å². The molecule has 0 saturated heterocycles. The lowest BCUT2D eigenvalue weighted by Crippen LogP contribution is -2.49. The molecule has 3 N–H and O–H groups in total. The van der Waals surface area contributed by atoms with E-state index in [0.717, 1.165) is 10.4 Å². The third-order valence-electron chi connectivity index (χ3n) is 3.65. The lowest BCUT2D eigenvalue weighted by molar-refractivity contribution is 0.0193. The van der Waals surface area contributed by atoms with Crippen LogP contribution in [0, 0.1) is 5.41 Å². The lowest BCUT2D eigenvalue weighted by Gasteiger charge is -2.54. The second kappa shape index (κ2) is 2.86. The summed E-state index contributed by atoms with van der Waals surface area (Å²) in [6.07, 6.45) is 7.06. The van der Waals surface area contributed by atoms with Gasteiger partial charge in [0.2, 0.25) is 0 Å². The van der Waals surface area contributed by atoms with Crippen LogP contribution in [0.5, 0.6) is 0 Å². The SMILES string of the molecule is Nc1cc(NC2CC3(CCC3)C2)sn1. The van der Waals surface area contributed by atoms with Crippen LogP contribution in [0.2, 0.25) is 0 Å². The fraction of sp³-hybridized carbons (Fsp3) is 0.700. The second-order valence-corrected chi connectivity index (χ2v) is 5.52. The van der Waals surface area contributed by atoms with Crippen molar-refractivity contribution >= 4 is 22.4 Å². The molecule has 3 nitrogen and oxygen atoms in total. The Morgan fingerprint density at radius 1 is 1.50 bits per heavy atom. The van der Waals surface area contributed by atoms with Gasteiger partial charge in [0.25, 0.3) is 0 Å². The zero-order chi connectivity index (χ0) is 9.60. The summed E-state index contributed by atoms with van der Waals surface area (Å²) < 4.78 is 4.06. The van der Waals surface area contributed by atoms with Gasteiger partial charge >= 0.3 is 0 Å². The number of anilines is 2. The molecular formula is C10H15N3S. The molecule has 0 atom stereocenters. The Bertz CT molecular complexity index is 335. The molecule has 3 rings (SSSR count). The molecule has 1 spiro atoms. The van der Waals surface area contributed by atoms with Gasteiger partial charge in [-0.1, -0.05) is 6.42 Å². The molecule has 2 aliphatic rings. The number of hydrogen-bond acceptors (Lipinski definition) is 4. The van der Waals surface area contributed by atoms with Crippen LogP contribution in [0.4, 0.5) is 10.8 Å². The van der Waals surface area contributed by atoms with Crippen LogP contribution in [0.15, 0.2) is 6.07 Å². The quantitative estimate of drug-likeness (QED) is 0.786. The molecule has 0 radical (unpaired) electrons. The van der Waals surface area contributed by atoms with Crippen molar-refractivity contribution in [1.82, 2.24) is 4.37 Å². The van der Waals surface area contributed by atoms with Gasteiger partial charge in [-0.05, 0) is 42.6 Å². The summed E-state index contributed by atoms with van der Waals surface area (Å²) in [5.74, 6) is 0.634. The minimum absolute atomic E-state index is 0.634. The van der Waals surface area contributed by atoms with E-state index in [4.69, 9.17) is 5.73 Å². The van der Waals surface area contributed by atoms with Crippen molar-refractivity contribution in [2.75, 3.05) is 11.1 Å². The summed E-state index contributed by atoms with van der Waals surface area (Å²) in [6.45, 7) is 0. The van der Waals surface area contributed by atoms with E-state index in [-0.39, 0.29) is 0 Å². The van der Waals surface area contributed by atoms with Gasteiger partial charge in [-0.2, -0.15) is 4.37 Å². The molecule has 14 heavy (non-hydrogen) atoms. The first-order chi connectivity index (χ1) is 6.76. The highest BCUT2D eigenvalue weighted by Crippen LogP contribution is 2.56. The fourth-order valence-electron chi connectivity index (χ4n) is 2.73. The van der Waals surface area contributed by atoms with Crippen molar-refractivity contribution in [2.24, 2.45) is 5.41 Å². The molecule has 2 aliphatic carbocycles. The monoisotopic (exact) mass is 209 g/mol. The normalized spacial score (nSPS) is 24.3. The van der Waals surface area contributed by atoms with Gasteiger partial charge in [-0.25, -0.2) is 0 Å². The molecule has 0 unspecified atom stereocenters. The predicted octanol–water partition coefficient (Wildman–Crippen LogP) is 2.47. The molecule has 1 aromatic rings. The van der Waals surface area contributed by atoms with E-state index in [1.54, 1.807) is 0 Å². The Kier molecular flexibility index (Phi) is 1.74. The van der Waals surface area contributed by atoms with E-state index in [0.29, 0.717) is 11.9 Å². The van der Waals surface area contributed by atoms with Crippen LogP contribution in [0.3, 0.4) is 0 Å². The number of aromatic nitrogens is 1. The molecule has 0 amide bonds. The maximum Gasteiger partial charge on any atom is 0.139 e. The summed E-state index contributed by atoms with van der Waals surface area (Å²) >= 11 is 1.47. The number of nitrogens with two attached hydrogens (primary N) is 1. The van der Waals surface area contributed by atoms with Gasteiger partial charge < -0.3 is 11.1 Å². The zero-order valence-corrected chi connectivity index (χ0v) is 8.94. The first-order valence-corrected chi connectivity index (χ1v) is 6.02. The zero-order valence-electron chi connectivity index (χ0n) is 8.12. The van der Waals surface area contributed by atoms with Crippen LogP contribution < -0.4 is 11.1 Å². The molecule has 2 fully saturated rings. The first-order valence-electron chi connectivity index (χ1n) is 5.25. The summed E-state index contributed by atoms with van der Waals surface area (Å²) in [4.78, 5) is 0. The van der Waals surface area contributed by atoms with Crippen molar-refractivity contribution in [1.29, 1.82) is 0 Å². The van der Waals surface area contributed by atoms with Crippen molar-refractivity contribution in [2.45, 2.75) is 38.1 Å². The minimum Gasteiger partial charge on any atom is -0.383 e. The van der Waals surface area contributed by atoms with E-state index >= 15 is 0 Å². The smallest absolute Gasteiger partial charge is 0.139 e. The molecule has 4 heteroatoms. The fourth-order valence-corrected chi connectivity index (χ4v) is 3.38. The van der Waals surface area contributed by atoms with Gasteiger partial charge in [0.1, 0.15) is 10.8 Å². The molecule has 0 aromatic carbocycles. The predicted molar refractivity (Wildman–Crippen MR) is 59.5 cm³/mol. The summed E-state index contributed by atoms with van der Waals surface area (Å²) in [5, 5.41) is 4.63. The van der Waals surface area contributed by atoms with Gasteiger partial charge in [0.05, 0.1) is 0 Å². The third kappa shape index (κ3) is 1.29. The van der Waals surface area contributed by atoms with E-state index in [1.165, 1.54) is 43.6 Å². The highest BCUT2D eigenvalue weighted by molar-refractivity contribution is 7.10. The number of nitrogens with zero attached hydrogens (tertiary/aromatic N) is 1. The third-order valence-corrected chi connectivity index (χ3v) is 4.38. The van der Waals surface area contributed by atoms with Gasteiger partial charge in [0.15, 0.2) is 0 Å². The summed E-state index contributed by atoms with van der Waals surface area (Å²) in [6, 6.07) is 2.60. The van der Waals surface area contributed by atoms with E-state index in [9.17, 15) is 0 Å². The molecule has 0 aliphatic heterocycles. The molecular weight excluding hydrogens is 194 g/mol. The standard InChI is InChI=1S/C10H15N3S/c11-8-4-9(14-13-8)12-7-5-10(6-7)2-1-3-10/h4,7,12H,1-3,5-6H2,(H2,11,13). The van der Waals surface area contributed by atoms with E-state index in [1.807, 2.05) is 6.07 Å². The number of nitrogen functional groups attached to an aromatic ring is 1. The van der Waals surface area contributed by atoms with Crippen LogP contribution >= 0.6 is 11.5 Å². The Morgan fingerprint density at radius 2 is 2.29 bits per heavy atom. The Labute approximate surface area is 87.9 Å². The second-order valence-electron chi connectivity index (χ2n) is 4.72. The minimum atomic E-state index is 0.634. The van der Waals surface area contributed by atoms with Crippen LogP contribution in [0.1, 0.15) is 32.1 Å². The number of rotatable bonds is 2. The summed E-state index contributed by atoms with van der Waals surface area (Å²) in [7, 11) is 0. The Balaban J connectivity index is 1.55. The number of hydrogen-bond donors (Lipinski definition) is 2. The maximum absolute atomic E-state index is 5.56. The first kappa shape index (κ1) is 8.53. The molecule has 1 aromatic heterocycles. The average Bonchev–Trinajstić information content (AvgIpc) is 2.39. The van der Waals surface area contributed by atoms with Crippen molar-refractivity contribution in [3.05, 3.63) is 6.07 Å². The van der Waals surface area contributed by atoms with Crippen LogP contribution in [-0.4, -0.2) is 10.4 Å². The van der Waals surface area contributed by atoms with Crippen LogP contribution in [-0.2, 0) is 0 Å². The van der Waals surface area contributed by atoms with Gasteiger partial charge in [-0.3, -0.25) is 0 Å². The van der Waals surface area contributed by atoms with E-state index in [2.05, 4.69) is 9.69 Å². The Hall–Kier alpha value is -0.770. The summed E-state index contributed by atoms with van der Waals surface area (Å²) in [5.41, 5.74) is 6.31. The van der Waals surface area contributed by atoms with Gasteiger partial charge in [-0.15, -0.1) is 0 Å². The highest BCUT2D eigenvalue weighted by Gasteiger charge is 2.48. The average molecular weight is 209 g/mol. The maximum atomic E-state index is 5.56. The molecule has 2 saturated carbocycles. The largest absolute Gasteiger partial charge is 0.383 e. The van der Waals surface area contributed by atoms with Crippen molar-refractivity contribution < 1.29 is 0 Å². The number of nitrogens with one attached hydrogen (secondary N) is 1. The van der Waals surface area contributed by atoms with Crippen molar-refractivity contribution in [3.8, 4) is 0 Å². The molecule has 76 valence electrons. The Morgan fingerprint density at radius 3 is 2.79 bits per heavy atom.